The molecule has 35 heavy (non-hydrogen) atoms. The number of hydrogen-bond acceptors (Lipinski definition) is 6. The SMILES string of the molecule is CC(C)Cc1nc2c(c(-c3ccc4c(c3)CCN4)c1C(N)O)C(O)N[C@@]2(C)Cc1ccc(F)cc1. The molecule has 3 heterocycles. The topological polar surface area (TPSA) is 103 Å². The normalized spacial score (nSPS) is 21.7. The summed E-state index contributed by atoms with van der Waals surface area (Å²) >= 11 is 0. The Balaban J connectivity index is 1.74. The van der Waals surface area contributed by atoms with Gasteiger partial charge in [-0.3, -0.25) is 10.3 Å². The molecule has 0 bridgehead atoms. The third-order valence-corrected chi connectivity index (χ3v) is 7.07. The van der Waals surface area contributed by atoms with E-state index in [-0.39, 0.29) is 11.7 Å². The van der Waals surface area contributed by atoms with Crippen LogP contribution in [0.3, 0.4) is 0 Å². The van der Waals surface area contributed by atoms with Crippen LogP contribution in [0.4, 0.5) is 10.1 Å². The van der Waals surface area contributed by atoms with Gasteiger partial charge in [-0.15, -0.1) is 0 Å². The molecule has 0 saturated heterocycles. The number of rotatable bonds is 6. The van der Waals surface area contributed by atoms with Gasteiger partial charge in [-0.2, -0.15) is 0 Å². The van der Waals surface area contributed by atoms with Gasteiger partial charge < -0.3 is 21.3 Å². The van der Waals surface area contributed by atoms with E-state index >= 15 is 0 Å². The van der Waals surface area contributed by atoms with E-state index in [4.69, 9.17) is 10.7 Å². The van der Waals surface area contributed by atoms with Gasteiger partial charge in [0, 0.05) is 29.1 Å². The monoisotopic (exact) mass is 476 g/mol. The molecule has 0 radical (unpaired) electrons. The second-order valence-electron chi connectivity index (χ2n) is 10.4. The number of hydrogen-bond donors (Lipinski definition) is 5. The first-order valence-corrected chi connectivity index (χ1v) is 12.2. The van der Waals surface area contributed by atoms with Crippen LogP contribution in [-0.2, 0) is 24.8 Å². The molecule has 2 aromatic carbocycles. The molecule has 0 aliphatic carbocycles. The molecule has 0 fully saturated rings. The lowest BCUT2D eigenvalue weighted by Gasteiger charge is -2.27. The molecule has 3 atom stereocenters. The quantitative estimate of drug-likeness (QED) is 0.344. The van der Waals surface area contributed by atoms with Crippen molar-refractivity contribution in [3.8, 4) is 11.1 Å². The number of aromatic nitrogens is 1. The number of aliphatic hydroxyl groups excluding tert-OH is 2. The van der Waals surface area contributed by atoms with Crippen LogP contribution < -0.4 is 16.4 Å². The smallest absolute Gasteiger partial charge is 0.134 e. The van der Waals surface area contributed by atoms with E-state index in [1.165, 1.54) is 17.7 Å². The number of nitrogens with one attached hydrogen (secondary N) is 2. The zero-order valence-electron chi connectivity index (χ0n) is 20.4. The van der Waals surface area contributed by atoms with E-state index < -0.39 is 18.0 Å². The molecule has 5 rings (SSSR count). The third-order valence-electron chi connectivity index (χ3n) is 7.07. The van der Waals surface area contributed by atoms with Gasteiger partial charge in [0.25, 0.3) is 0 Å². The average molecular weight is 477 g/mol. The molecule has 2 aliphatic rings. The second-order valence-corrected chi connectivity index (χ2v) is 10.4. The molecule has 1 aromatic heterocycles. The molecular formula is C28H33FN4O2. The molecular weight excluding hydrogens is 443 g/mol. The van der Waals surface area contributed by atoms with Crippen LogP contribution >= 0.6 is 0 Å². The van der Waals surface area contributed by atoms with Crippen molar-refractivity contribution in [3.05, 3.63) is 81.9 Å². The number of halogens is 1. The van der Waals surface area contributed by atoms with E-state index in [2.05, 4.69) is 30.5 Å². The first-order chi connectivity index (χ1) is 16.7. The maximum absolute atomic E-state index is 13.5. The summed E-state index contributed by atoms with van der Waals surface area (Å²) in [5.41, 5.74) is 13.0. The molecule has 0 spiro atoms. The molecule has 2 unspecified atom stereocenters. The number of nitrogens with two attached hydrogens (primary N) is 1. The van der Waals surface area contributed by atoms with Crippen LogP contribution in [0.25, 0.3) is 11.1 Å². The zero-order chi connectivity index (χ0) is 24.9. The van der Waals surface area contributed by atoms with Crippen molar-refractivity contribution in [2.75, 3.05) is 11.9 Å². The molecule has 0 amide bonds. The van der Waals surface area contributed by atoms with E-state index in [9.17, 15) is 14.6 Å². The van der Waals surface area contributed by atoms with Gasteiger partial charge in [0.15, 0.2) is 0 Å². The number of aliphatic hydroxyl groups is 2. The minimum absolute atomic E-state index is 0.286. The fraction of sp³-hybridized carbons (Fsp3) is 0.393. The number of anilines is 1. The number of fused-ring (bicyclic) bond motifs is 2. The molecule has 6 N–H and O–H groups in total. The summed E-state index contributed by atoms with van der Waals surface area (Å²) in [4.78, 5) is 5.04. The van der Waals surface area contributed by atoms with Crippen LogP contribution in [0.2, 0.25) is 0 Å². The highest BCUT2D eigenvalue weighted by atomic mass is 19.1. The van der Waals surface area contributed by atoms with E-state index in [1.54, 1.807) is 12.1 Å². The maximum Gasteiger partial charge on any atom is 0.134 e. The van der Waals surface area contributed by atoms with Crippen molar-refractivity contribution in [2.45, 2.75) is 58.0 Å². The van der Waals surface area contributed by atoms with Crippen LogP contribution in [0, 0.1) is 11.7 Å². The Morgan fingerprint density at radius 2 is 1.94 bits per heavy atom. The molecule has 184 valence electrons. The third kappa shape index (κ3) is 4.34. The highest BCUT2D eigenvalue weighted by molar-refractivity contribution is 5.78. The molecule has 3 aromatic rings. The largest absolute Gasteiger partial charge is 0.384 e. The second kappa shape index (κ2) is 8.99. The van der Waals surface area contributed by atoms with E-state index in [1.807, 2.05) is 19.1 Å². The minimum atomic E-state index is -1.24. The van der Waals surface area contributed by atoms with Gasteiger partial charge in [0.2, 0.25) is 0 Å². The van der Waals surface area contributed by atoms with Crippen molar-refractivity contribution < 1.29 is 14.6 Å². The summed E-state index contributed by atoms with van der Waals surface area (Å²) in [6.07, 6.45) is -0.157. The van der Waals surface area contributed by atoms with Crippen LogP contribution in [-0.4, -0.2) is 21.7 Å². The van der Waals surface area contributed by atoms with Gasteiger partial charge in [-0.25, -0.2) is 4.39 Å². The van der Waals surface area contributed by atoms with Crippen molar-refractivity contribution in [3.63, 3.8) is 0 Å². The van der Waals surface area contributed by atoms with Crippen molar-refractivity contribution in [2.24, 2.45) is 11.7 Å². The van der Waals surface area contributed by atoms with E-state index in [0.717, 1.165) is 46.7 Å². The fourth-order valence-corrected chi connectivity index (χ4v) is 5.57. The minimum Gasteiger partial charge on any atom is -0.384 e. The summed E-state index contributed by atoms with van der Waals surface area (Å²) < 4.78 is 13.5. The Bertz CT molecular complexity index is 1260. The first-order valence-electron chi connectivity index (χ1n) is 12.2. The van der Waals surface area contributed by atoms with E-state index in [0.29, 0.717) is 24.0 Å². The molecule has 2 aliphatic heterocycles. The Morgan fingerprint density at radius 3 is 2.63 bits per heavy atom. The van der Waals surface area contributed by atoms with Crippen LogP contribution in [0.5, 0.6) is 0 Å². The summed E-state index contributed by atoms with van der Waals surface area (Å²) in [6, 6.07) is 12.6. The molecule has 7 heteroatoms. The van der Waals surface area contributed by atoms with Gasteiger partial charge in [0.05, 0.1) is 11.2 Å². The molecule has 0 saturated carbocycles. The lowest BCUT2D eigenvalue weighted by atomic mass is 9.84. The zero-order valence-corrected chi connectivity index (χ0v) is 20.4. The van der Waals surface area contributed by atoms with Gasteiger partial charge in [-0.05, 0) is 78.6 Å². The predicted molar refractivity (Wildman–Crippen MR) is 135 cm³/mol. The number of nitrogens with zero attached hydrogens (tertiary/aromatic N) is 1. The summed E-state index contributed by atoms with van der Waals surface area (Å²) in [5, 5.41) is 28.8. The summed E-state index contributed by atoms with van der Waals surface area (Å²) in [6.45, 7) is 7.10. The summed E-state index contributed by atoms with van der Waals surface area (Å²) in [7, 11) is 0. The predicted octanol–water partition coefficient (Wildman–Crippen LogP) is 4.06. The van der Waals surface area contributed by atoms with Crippen molar-refractivity contribution >= 4 is 5.69 Å². The highest BCUT2D eigenvalue weighted by Gasteiger charge is 2.44. The lowest BCUT2D eigenvalue weighted by molar-refractivity contribution is 0.119. The lowest BCUT2D eigenvalue weighted by Crippen LogP contribution is -2.38. The van der Waals surface area contributed by atoms with Gasteiger partial charge in [0.1, 0.15) is 18.3 Å². The van der Waals surface area contributed by atoms with Gasteiger partial charge in [-0.1, -0.05) is 32.0 Å². The standard InChI is InChI=1S/C28H33FN4O2/c1-15(2)12-21-23(26(30)34)22(18-6-9-20-17(13-18)10-11-31-20)24-25(32-21)28(3,33-27(24)35)14-16-4-7-19(29)8-5-16/h4-9,13,15,26-27,31,33-35H,10-12,14,30H2,1-3H3/t26?,27?,28-/m0/s1. The molecule has 6 nitrogen and oxygen atoms in total. The Morgan fingerprint density at radius 1 is 1.20 bits per heavy atom. The Kier molecular flexibility index (Phi) is 6.13. The average Bonchev–Trinajstić information content (AvgIpc) is 3.35. The van der Waals surface area contributed by atoms with Crippen LogP contribution in [0.1, 0.15) is 66.9 Å². The van der Waals surface area contributed by atoms with Crippen molar-refractivity contribution in [1.29, 1.82) is 0 Å². The van der Waals surface area contributed by atoms with Crippen LogP contribution in [0.15, 0.2) is 42.5 Å². The summed E-state index contributed by atoms with van der Waals surface area (Å²) in [5.74, 6) is 0.00351. The number of benzene rings is 2. The highest BCUT2D eigenvalue weighted by Crippen LogP contribution is 2.46. The van der Waals surface area contributed by atoms with Crippen molar-refractivity contribution in [1.82, 2.24) is 10.3 Å². The maximum atomic E-state index is 13.5. The van der Waals surface area contributed by atoms with Gasteiger partial charge >= 0.3 is 0 Å². The Labute approximate surface area is 205 Å². The Hall–Kier alpha value is -2.84. The number of pyridine rings is 1. The fourth-order valence-electron chi connectivity index (χ4n) is 5.57. The first kappa shape index (κ1) is 23.9.